The number of benzene rings is 2. The summed E-state index contributed by atoms with van der Waals surface area (Å²) in [6, 6.07) is 16.0. The number of rotatable bonds is 6. The highest BCUT2D eigenvalue weighted by Gasteiger charge is 2.28. The summed E-state index contributed by atoms with van der Waals surface area (Å²) in [6.07, 6.45) is 0.458. The molecule has 1 aliphatic heterocycles. The molecule has 0 bridgehead atoms. The minimum atomic E-state index is -3.01. The van der Waals surface area contributed by atoms with Crippen molar-refractivity contribution >= 4 is 15.7 Å². The first kappa shape index (κ1) is 17.3. The maximum absolute atomic E-state index is 11.8. The largest absolute Gasteiger partial charge is 0.484 e. The Kier molecular flexibility index (Phi) is 5.23. The van der Waals surface area contributed by atoms with Gasteiger partial charge in [-0.15, -0.1) is 0 Å². The molecule has 1 amide bonds. The third-order valence-corrected chi connectivity index (χ3v) is 5.54. The highest BCUT2D eigenvalue weighted by Crippen LogP contribution is 2.23. The first-order chi connectivity index (χ1) is 12.0. The number of amides is 1. The zero-order valence-corrected chi connectivity index (χ0v) is 14.4. The van der Waals surface area contributed by atoms with Crippen molar-refractivity contribution < 1.29 is 22.7 Å². The molecule has 6 nitrogen and oxygen atoms in total. The van der Waals surface area contributed by atoms with Crippen LogP contribution in [-0.4, -0.2) is 38.5 Å². The average Bonchev–Trinajstić information content (AvgIpc) is 2.94. The maximum Gasteiger partial charge on any atom is 0.258 e. The van der Waals surface area contributed by atoms with E-state index in [4.69, 9.17) is 9.47 Å². The second-order valence-electron chi connectivity index (χ2n) is 5.84. The lowest BCUT2D eigenvalue weighted by molar-refractivity contribution is -0.123. The predicted octanol–water partition coefficient (Wildman–Crippen LogP) is 2.16. The van der Waals surface area contributed by atoms with E-state index >= 15 is 0 Å². The zero-order valence-electron chi connectivity index (χ0n) is 13.6. The predicted molar refractivity (Wildman–Crippen MR) is 93.7 cm³/mol. The van der Waals surface area contributed by atoms with Gasteiger partial charge in [0, 0.05) is 6.04 Å². The lowest BCUT2D eigenvalue weighted by Gasteiger charge is -2.12. The third-order valence-electron chi connectivity index (χ3n) is 3.77. The van der Waals surface area contributed by atoms with E-state index in [1.807, 2.05) is 30.3 Å². The van der Waals surface area contributed by atoms with E-state index in [1.165, 1.54) is 0 Å². The Hall–Kier alpha value is -2.54. The van der Waals surface area contributed by atoms with E-state index in [-0.39, 0.29) is 30.1 Å². The lowest BCUT2D eigenvalue weighted by Crippen LogP contribution is -2.38. The third kappa shape index (κ3) is 5.22. The summed E-state index contributed by atoms with van der Waals surface area (Å²) in [5, 5.41) is 2.68. The maximum atomic E-state index is 11.8. The van der Waals surface area contributed by atoms with Crippen LogP contribution in [0.1, 0.15) is 6.42 Å². The molecule has 3 rings (SSSR count). The van der Waals surface area contributed by atoms with Gasteiger partial charge in [0.25, 0.3) is 5.91 Å². The SMILES string of the molecule is O=C(COc1ccc(Oc2ccccc2)cc1)N[C@@H]1CCS(=O)(=O)C1. The molecule has 1 aliphatic rings. The Balaban J connectivity index is 1.46. The molecule has 1 fully saturated rings. The van der Waals surface area contributed by atoms with Crippen LogP contribution in [0.15, 0.2) is 54.6 Å². The van der Waals surface area contributed by atoms with Crippen molar-refractivity contribution in [2.45, 2.75) is 12.5 Å². The lowest BCUT2D eigenvalue weighted by atomic mass is 10.2. The second kappa shape index (κ2) is 7.57. The van der Waals surface area contributed by atoms with E-state index in [9.17, 15) is 13.2 Å². The van der Waals surface area contributed by atoms with Crippen molar-refractivity contribution in [3.8, 4) is 17.2 Å². The van der Waals surface area contributed by atoms with Crippen molar-refractivity contribution in [1.82, 2.24) is 5.32 Å². The fourth-order valence-electron chi connectivity index (χ4n) is 2.56. The van der Waals surface area contributed by atoms with Gasteiger partial charge in [0.2, 0.25) is 0 Å². The Morgan fingerprint density at radius 1 is 1.00 bits per heavy atom. The van der Waals surface area contributed by atoms with Gasteiger partial charge in [0.15, 0.2) is 16.4 Å². The first-order valence-corrected chi connectivity index (χ1v) is 9.78. The van der Waals surface area contributed by atoms with E-state index in [0.717, 1.165) is 5.75 Å². The number of carbonyl (C=O) groups excluding carboxylic acids is 1. The highest BCUT2D eigenvalue weighted by atomic mass is 32.2. The van der Waals surface area contributed by atoms with Gasteiger partial charge >= 0.3 is 0 Å². The molecule has 132 valence electrons. The fourth-order valence-corrected chi connectivity index (χ4v) is 4.23. The van der Waals surface area contributed by atoms with Crippen LogP contribution in [0.2, 0.25) is 0 Å². The number of ether oxygens (including phenoxy) is 2. The molecule has 0 radical (unpaired) electrons. The van der Waals surface area contributed by atoms with Crippen LogP contribution in [-0.2, 0) is 14.6 Å². The Labute approximate surface area is 146 Å². The topological polar surface area (TPSA) is 81.7 Å². The van der Waals surface area contributed by atoms with Gasteiger partial charge < -0.3 is 14.8 Å². The summed E-state index contributed by atoms with van der Waals surface area (Å²) < 4.78 is 33.8. The molecule has 0 aromatic heterocycles. The standard InChI is InChI=1S/C18H19NO5S/c20-18(19-14-10-11-25(21,22)13-14)12-23-15-6-8-17(9-7-15)24-16-4-2-1-3-5-16/h1-9,14H,10-13H2,(H,19,20)/t14-/m1/s1. The molecule has 1 saturated heterocycles. The summed E-state index contributed by atoms with van der Waals surface area (Å²) in [5.74, 6) is 1.74. The molecule has 1 heterocycles. The molecule has 2 aromatic carbocycles. The van der Waals surface area contributed by atoms with Gasteiger partial charge in [0.1, 0.15) is 17.2 Å². The van der Waals surface area contributed by atoms with Crippen LogP contribution in [0.5, 0.6) is 17.2 Å². The van der Waals surface area contributed by atoms with Crippen molar-refractivity contribution in [3.05, 3.63) is 54.6 Å². The van der Waals surface area contributed by atoms with E-state index < -0.39 is 9.84 Å². The van der Waals surface area contributed by atoms with Crippen LogP contribution < -0.4 is 14.8 Å². The molecule has 1 N–H and O–H groups in total. The van der Waals surface area contributed by atoms with Crippen molar-refractivity contribution in [1.29, 1.82) is 0 Å². The molecule has 0 aliphatic carbocycles. The molecule has 0 saturated carbocycles. The summed E-state index contributed by atoms with van der Waals surface area (Å²) >= 11 is 0. The zero-order chi connectivity index (χ0) is 17.7. The quantitative estimate of drug-likeness (QED) is 0.853. The van der Waals surface area contributed by atoms with Crippen LogP contribution in [0, 0.1) is 0 Å². The fraction of sp³-hybridized carbons (Fsp3) is 0.278. The average molecular weight is 361 g/mol. The molecule has 7 heteroatoms. The number of carbonyl (C=O) groups is 1. The number of hydrogen-bond acceptors (Lipinski definition) is 5. The highest BCUT2D eigenvalue weighted by molar-refractivity contribution is 7.91. The van der Waals surface area contributed by atoms with Crippen LogP contribution >= 0.6 is 0 Å². The summed E-state index contributed by atoms with van der Waals surface area (Å²) in [7, 11) is -3.01. The van der Waals surface area contributed by atoms with Crippen molar-refractivity contribution in [2.24, 2.45) is 0 Å². The second-order valence-corrected chi connectivity index (χ2v) is 8.07. The van der Waals surface area contributed by atoms with Crippen LogP contribution in [0.3, 0.4) is 0 Å². The summed E-state index contributed by atoms with van der Waals surface area (Å²) in [4.78, 5) is 11.8. The van der Waals surface area contributed by atoms with Gasteiger partial charge in [0.05, 0.1) is 11.5 Å². The molecular weight excluding hydrogens is 342 g/mol. The number of sulfone groups is 1. The van der Waals surface area contributed by atoms with Gasteiger partial charge in [-0.2, -0.15) is 0 Å². The minimum Gasteiger partial charge on any atom is -0.484 e. The van der Waals surface area contributed by atoms with Gasteiger partial charge in [-0.3, -0.25) is 4.79 Å². The Morgan fingerprint density at radius 3 is 2.28 bits per heavy atom. The van der Waals surface area contributed by atoms with Crippen LogP contribution in [0.4, 0.5) is 0 Å². The summed E-state index contributed by atoms with van der Waals surface area (Å²) in [5.41, 5.74) is 0. The monoisotopic (exact) mass is 361 g/mol. The normalized spacial score (nSPS) is 18.5. The van der Waals surface area contributed by atoms with E-state index in [0.29, 0.717) is 17.9 Å². The van der Waals surface area contributed by atoms with Gasteiger partial charge in [-0.25, -0.2) is 8.42 Å². The molecule has 0 unspecified atom stereocenters. The molecule has 2 aromatic rings. The smallest absolute Gasteiger partial charge is 0.258 e. The summed E-state index contributed by atoms with van der Waals surface area (Å²) in [6.45, 7) is -0.157. The minimum absolute atomic E-state index is 0.00423. The van der Waals surface area contributed by atoms with Crippen LogP contribution in [0.25, 0.3) is 0 Å². The Morgan fingerprint density at radius 2 is 1.64 bits per heavy atom. The van der Waals surface area contributed by atoms with Gasteiger partial charge in [-0.05, 0) is 42.8 Å². The van der Waals surface area contributed by atoms with Crippen molar-refractivity contribution in [2.75, 3.05) is 18.1 Å². The van der Waals surface area contributed by atoms with E-state index in [1.54, 1.807) is 24.3 Å². The van der Waals surface area contributed by atoms with Gasteiger partial charge in [-0.1, -0.05) is 18.2 Å². The first-order valence-electron chi connectivity index (χ1n) is 7.96. The Bertz CT molecular complexity index is 818. The molecular formula is C18H19NO5S. The van der Waals surface area contributed by atoms with Crippen molar-refractivity contribution in [3.63, 3.8) is 0 Å². The number of nitrogens with one attached hydrogen (secondary N) is 1. The number of para-hydroxylation sites is 1. The molecule has 25 heavy (non-hydrogen) atoms. The molecule has 1 atom stereocenters. The number of hydrogen-bond donors (Lipinski definition) is 1. The molecule has 0 spiro atoms. The van der Waals surface area contributed by atoms with E-state index in [2.05, 4.69) is 5.32 Å².